The number of anilines is 2. The Morgan fingerprint density at radius 3 is 2.63 bits per heavy atom. The van der Waals surface area contributed by atoms with E-state index in [1.807, 2.05) is 30.3 Å². The summed E-state index contributed by atoms with van der Waals surface area (Å²) in [6.07, 6.45) is 0. The lowest BCUT2D eigenvalue weighted by atomic mass is 10.1. The molecule has 0 aliphatic heterocycles. The third-order valence-corrected chi connectivity index (χ3v) is 3.54. The fourth-order valence-corrected chi connectivity index (χ4v) is 2.37. The van der Waals surface area contributed by atoms with Crippen LogP contribution < -0.4 is 10.6 Å². The molecule has 100 valence electrons. The van der Waals surface area contributed by atoms with Gasteiger partial charge in [-0.3, -0.25) is 0 Å². The third-order valence-electron chi connectivity index (χ3n) is 3.05. The monoisotopic (exact) mass is 320 g/mol. The summed E-state index contributed by atoms with van der Waals surface area (Å²) >= 11 is 3.41. The van der Waals surface area contributed by atoms with Crippen LogP contribution in [0.15, 0.2) is 46.9 Å². The van der Waals surface area contributed by atoms with Crippen LogP contribution in [0.4, 0.5) is 11.4 Å². The highest BCUT2D eigenvalue weighted by molar-refractivity contribution is 9.10. The average molecular weight is 321 g/mol. The zero-order chi connectivity index (χ0) is 13.8. The number of nitrogens with zero attached hydrogens (tertiary/aromatic N) is 1. The molecular weight excluding hydrogens is 304 g/mol. The van der Waals surface area contributed by atoms with Crippen LogP contribution in [0.3, 0.4) is 0 Å². The van der Waals surface area contributed by atoms with Crippen LogP contribution in [0.25, 0.3) is 0 Å². The van der Waals surface area contributed by atoms with Gasteiger partial charge in [0.25, 0.3) is 0 Å². The Morgan fingerprint density at radius 2 is 2.00 bits per heavy atom. The van der Waals surface area contributed by atoms with Crippen LogP contribution in [-0.2, 0) is 6.54 Å². The zero-order valence-corrected chi connectivity index (χ0v) is 12.4. The molecule has 0 aliphatic carbocycles. The molecule has 0 aliphatic rings. The minimum atomic E-state index is 0.278. The van der Waals surface area contributed by atoms with E-state index in [1.54, 1.807) is 12.1 Å². The first-order valence-corrected chi connectivity index (χ1v) is 6.97. The molecule has 2 aromatic rings. The molecule has 0 fully saturated rings. The number of hydrogen-bond acceptors (Lipinski definition) is 3. The second kappa shape index (κ2) is 5.97. The van der Waals surface area contributed by atoms with Crippen molar-refractivity contribution in [2.75, 3.05) is 17.2 Å². The van der Waals surface area contributed by atoms with Gasteiger partial charge in [0.2, 0.25) is 0 Å². The molecule has 0 aromatic heterocycles. The molecule has 0 saturated carbocycles. The van der Waals surface area contributed by atoms with Crippen LogP contribution in [0.5, 0.6) is 5.75 Å². The number of benzene rings is 2. The molecule has 0 radical (unpaired) electrons. The van der Waals surface area contributed by atoms with E-state index >= 15 is 0 Å². The van der Waals surface area contributed by atoms with E-state index in [2.05, 4.69) is 27.8 Å². The van der Waals surface area contributed by atoms with Gasteiger partial charge in [-0.2, -0.15) is 0 Å². The Morgan fingerprint density at radius 1 is 1.21 bits per heavy atom. The maximum atomic E-state index is 9.56. The Balaban J connectivity index is 2.24. The van der Waals surface area contributed by atoms with Gasteiger partial charge >= 0.3 is 0 Å². The number of aromatic hydroxyl groups is 1. The van der Waals surface area contributed by atoms with Crippen molar-refractivity contribution in [3.8, 4) is 5.75 Å². The van der Waals surface area contributed by atoms with Crippen LogP contribution in [0.2, 0.25) is 0 Å². The van der Waals surface area contributed by atoms with Crippen molar-refractivity contribution in [1.29, 1.82) is 0 Å². The van der Waals surface area contributed by atoms with Crippen molar-refractivity contribution in [2.24, 2.45) is 0 Å². The SMILES string of the molecule is CCN(Cc1ccc(Br)cc1N)c1cccc(O)c1. The van der Waals surface area contributed by atoms with Gasteiger partial charge in [-0.15, -0.1) is 0 Å². The van der Waals surface area contributed by atoms with Gasteiger partial charge in [0.1, 0.15) is 5.75 Å². The van der Waals surface area contributed by atoms with Crippen LogP contribution in [0.1, 0.15) is 12.5 Å². The summed E-state index contributed by atoms with van der Waals surface area (Å²) in [5.41, 5.74) is 8.87. The Kier molecular flexibility index (Phi) is 4.32. The fourth-order valence-electron chi connectivity index (χ4n) is 1.99. The van der Waals surface area contributed by atoms with E-state index in [4.69, 9.17) is 5.73 Å². The summed E-state index contributed by atoms with van der Waals surface area (Å²) in [6.45, 7) is 3.65. The van der Waals surface area contributed by atoms with Crippen molar-refractivity contribution in [3.05, 3.63) is 52.5 Å². The second-order valence-electron chi connectivity index (χ2n) is 4.38. The fraction of sp³-hybridized carbons (Fsp3) is 0.200. The van der Waals surface area contributed by atoms with Gasteiger partial charge in [-0.05, 0) is 36.8 Å². The largest absolute Gasteiger partial charge is 0.508 e. The number of halogens is 1. The molecule has 0 saturated heterocycles. The highest BCUT2D eigenvalue weighted by Crippen LogP contribution is 2.25. The molecule has 4 heteroatoms. The molecule has 0 unspecified atom stereocenters. The van der Waals surface area contributed by atoms with Gasteiger partial charge in [-0.1, -0.05) is 28.1 Å². The van der Waals surface area contributed by atoms with Crippen molar-refractivity contribution in [3.63, 3.8) is 0 Å². The van der Waals surface area contributed by atoms with Gasteiger partial charge in [-0.25, -0.2) is 0 Å². The van der Waals surface area contributed by atoms with Crippen molar-refractivity contribution in [2.45, 2.75) is 13.5 Å². The Hall–Kier alpha value is -1.68. The normalized spacial score (nSPS) is 10.4. The summed E-state index contributed by atoms with van der Waals surface area (Å²) in [5, 5.41) is 9.56. The molecule has 3 N–H and O–H groups in total. The van der Waals surface area contributed by atoms with Crippen LogP contribution >= 0.6 is 15.9 Å². The number of phenolic OH excluding ortho intramolecular Hbond substituents is 1. The quantitative estimate of drug-likeness (QED) is 0.843. The van der Waals surface area contributed by atoms with E-state index in [9.17, 15) is 5.11 Å². The average Bonchev–Trinajstić information content (AvgIpc) is 2.38. The predicted molar refractivity (Wildman–Crippen MR) is 83.4 cm³/mol. The smallest absolute Gasteiger partial charge is 0.117 e. The van der Waals surface area contributed by atoms with Crippen molar-refractivity contribution < 1.29 is 5.11 Å². The van der Waals surface area contributed by atoms with Crippen LogP contribution in [-0.4, -0.2) is 11.7 Å². The van der Waals surface area contributed by atoms with E-state index in [0.717, 1.165) is 34.5 Å². The number of nitrogens with two attached hydrogens (primary N) is 1. The van der Waals surface area contributed by atoms with Gasteiger partial charge < -0.3 is 15.7 Å². The van der Waals surface area contributed by atoms with E-state index in [0.29, 0.717) is 0 Å². The lowest BCUT2D eigenvalue weighted by Crippen LogP contribution is -2.22. The molecule has 0 spiro atoms. The lowest BCUT2D eigenvalue weighted by molar-refractivity contribution is 0.475. The van der Waals surface area contributed by atoms with Crippen molar-refractivity contribution in [1.82, 2.24) is 0 Å². The summed E-state index contributed by atoms with van der Waals surface area (Å²) in [6, 6.07) is 13.2. The summed E-state index contributed by atoms with van der Waals surface area (Å²) < 4.78 is 0.981. The molecule has 2 aromatic carbocycles. The molecule has 0 heterocycles. The molecular formula is C15H17BrN2O. The minimum Gasteiger partial charge on any atom is -0.508 e. The number of nitrogen functional groups attached to an aromatic ring is 1. The Labute approximate surface area is 121 Å². The summed E-state index contributed by atoms with van der Waals surface area (Å²) in [4.78, 5) is 2.17. The number of phenols is 1. The van der Waals surface area contributed by atoms with E-state index in [-0.39, 0.29) is 5.75 Å². The third kappa shape index (κ3) is 3.41. The number of rotatable bonds is 4. The van der Waals surface area contributed by atoms with E-state index in [1.165, 1.54) is 0 Å². The predicted octanol–water partition coefficient (Wildman–Crippen LogP) is 3.76. The maximum absolute atomic E-state index is 9.56. The van der Waals surface area contributed by atoms with Gasteiger partial charge in [0.15, 0.2) is 0 Å². The van der Waals surface area contributed by atoms with Crippen LogP contribution in [0, 0.1) is 0 Å². The molecule has 0 amide bonds. The Bertz CT molecular complexity index is 572. The summed E-state index contributed by atoms with van der Waals surface area (Å²) in [5.74, 6) is 0.278. The standard InChI is InChI=1S/C15H17BrN2O/c1-2-18(13-4-3-5-14(19)9-13)10-11-6-7-12(16)8-15(11)17/h3-9,19H,2,10,17H2,1H3. The molecule has 2 rings (SSSR count). The second-order valence-corrected chi connectivity index (χ2v) is 5.29. The summed E-state index contributed by atoms with van der Waals surface area (Å²) in [7, 11) is 0. The highest BCUT2D eigenvalue weighted by Gasteiger charge is 2.08. The maximum Gasteiger partial charge on any atom is 0.117 e. The lowest BCUT2D eigenvalue weighted by Gasteiger charge is -2.24. The molecule has 3 nitrogen and oxygen atoms in total. The zero-order valence-electron chi connectivity index (χ0n) is 10.8. The van der Waals surface area contributed by atoms with E-state index < -0.39 is 0 Å². The first-order chi connectivity index (χ1) is 9.10. The highest BCUT2D eigenvalue weighted by atomic mass is 79.9. The van der Waals surface area contributed by atoms with Gasteiger partial charge in [0.05, 0.1) is 0 Å². The minimum absolute atomic E-state index is 0.278. The number of hydrogen-bond donors (Lipinski definition) is 2. The van der Waals surface area contributed by atoms with Crippen molar-refractivity contribution >= 4 is 27.3 Å². The molecule has 0 bridgehead atoms. The molecule has 0 atom stereocenters. The van der Waals surface area contributed by atoms with Gasteiger partial charge in [0, 0.05) is 35.0 Å². The first-order valence-electron chi connectivity index (χ1n) is 6.18. The first kappa shape index (κ1) is 13.7. The topological polar surface area (TPSA) is 49.5 Å². The molecule has 19 heavy (non-hydrogen) atoms.